The molecule has 0 atom stereocenters. The molecule has 0 radical (unpaired) electrons. The minimum absolute atomic E-state index is 0.0431. The predicted octanol–water partition coefficient (Wildman–Crippen LogP) is 3.47. The molecule has 0 aliphatic carbocycles. The van der Waals surface area contributed by atoms with E-state index in [-0.39, 0.29) is 23.0 Å². The van der Waals surface area contributed by atoms with Crippen molar-refractivity contribution in [1.82, 2.24) is 19.9 Å². The maximum Gasteiger partial charge on any atom is 0.256 e. The van der Waals surface area contributed by atoms with Gasteiger partial charge in [0.1, 0.15) is 11.6 Å². The Balaban J connectivity index is 1.45. The molecule has 1 fully saturated rings. The number of carbonyl (C=O) groups excluding carboxylic acids is 2. The van der Waals surface area contributed by atoms with E-state index in [0.29, 0.717) is 13.1 Å². The summed E-state index contributed by atoms with van der Waals surface area (Å²) in [6.07, 6.45) is 3.25. The van der Waals surface area contributed by atoms with Crippen LogP contribution in [0.3, 0.4) is 0 Å². The second kappa shape index (κ2) is 8.50. The molecule has 2 amide bonds. The van der Waals surface area contributed by atoms with Crippen LogP contribution in [0, 0.1) is 19.7 Å². The molecule has 0 saturated carbocycles. The number of nitrogens with zero attached hydrogens (tertiary/aromatic N) is 4. The molecule has 2 N–H and O–H groups in total. The topological polar surface area (TPSA) is 102 Å². The molecule has 31 heavy (non-hydrogen) atoms. The van der Waals surface area contributed by atoms with E-state index in [4.69, 9.17) is 10.7 Å². The van der Waals surface area contributed by atoms with Crippen LogP contribution in [-0.2, 0) is 0 Å². The zero-order valence-corrected chi connectivity index (χ0v) is 18.1. The van der Waals surface area contributed by atoms with E-state index in [0.717, 1.165) is 46.0 Å². The molecule has 1 aromatic carbocycles. The fourth-order valence-corrected chi connectivity index (χ4v) is 4.96. The molecule has 0 bridgehead atoms. The number of amides is 2. The first kappa shape index (κ1) is 21.0. The van der Waals surface area contributed by atoms with Gasteiger partial charge in [0.25, 0.3) is 5.91 Å². The van der Waals surface area contributed by atoms with Crippen LogP contribution < -0.4 is 5.73 Å². The van der Waals surface area contributed by atoms with Crippen LogP contribution in [0.25, 0.3) is 10.6 Å². The third-order valence-corrected chi connectivity index (χ3v) is 6.78. The summed E-state index contributed by atoms with van der Waals surface area (Å²) in [6, 6.07) is 5.60. The number of aromatic nitrogens is 3. The fourth-order valence-electron chi connectivity index (χ4n) is 3.75. The van der Waals surface area contributed by atoms with Crippen molar-refractivity contribution in [2.75, 3.05) is 13.1 Å². The number of primary amides is 1. The minimum Gasteiger partial charge on any atom is -0.366 e. The number of hydrogen-bond donors (Lipinski definition) is 1. The van der Waals surface area contributed by atoms with E-state index in [2.05, 4.69) is 9.97 Å². The van der Waals surface area contributed by atoms with Crippen LogP contribution in [0.5, 0.6) is 0 Å². The Morgan fingerprint density at radius 3 is 2.55 bits per heavy atom. The lowest BCUT2D eigenvalue weighted by Gasteiger charge is -2.31. The van der Waals surface area contributed by atoms with Crippen molar-refractivity contribution in [3.8, 4) is 10.6 Å². The number of likely N-dealkylation sites (tertiary alicyclic amines) is 1. The van der Waals surface area contributed by atoms with Gasteiger partial charge >= 0.3 is 0 Å². The quantitative estimate of drug-likeness (QED) is 0.671. The highest BCUT2D eigenvalue weighted by Crippen LogP contribution is 2.36. The van der Waals surface area contributed by atoms with Crippen LogP contribution in [0.2, 0.25) is 0 Å². The number of halogens is 1. The molecule has 9 heteroatoms. The molecule has 0 spiro atoms. The van der Waals surface area contributed by atoms with E-state index in [1.807, 2.05) is 19.9 Å². The summed E-state index contributed by atoms with van der Waals surface area (Å²) in [5.41, 5.74) is 6.97. The summed E-state index contributed by atoms with van der Waals surface area (Å²) in [4.78, 5) is 40.0. The zero-order chi connectivity index (χ0) is 22.1. The van der Waals surface area contributed by atoms with Crippen LogP contribution in [0.4, 0.5) is 4.39 Å². The number of benzene rings is 1. The highest BCUT2D eigenvalue weighted by Gasteiger charge is 2.28. The Kier molecular flexibility index (Phi) is 5.77. The van der Waals surface area contributed by atoms with Gasteiger partial charge in [0.05, 0.1) is 26.8 Å². The van der Waals surface area contributed by atoms with Crippen molar-refractivity contribution in [2.24, 2.45) is 5.73 Å². The highest BCUT2D eigenvalue weighted by atomic mass is 32.1. The fraction of sp³-hybridized carbons (Fsp3) is 0.318. The molecular weight excluding hydrogens is 417 g/mol. The summed E-state index contributed by atoms with van der Waals surface area (Å²) < 4.78 is 14.3. The maximum atomic E-state index is 14.3. The van der Waals surface area contributed by atoms with Crippen molar-refractivity contribution in [3.63, 3.8) is 0 Å². The van der Waals surface area contributed by atoms with Gasteiger partial charge in [-0.05, 0) is 51.0 Å². The molecule has 160 valence electrons. The van der Waals surface area contributed by atoms with E-state index >= 15 is 0 Å². The summed E-state index contributed by atoms with van der Waals surface area (Å²) in [5, 5.41) is 1.04. The molecular formula is C22H22FN5O2S. The van der Waals surface area contributed by atoms with Crippen LogP contribution >= 0.6 is 11.3 Å². The smallest absolute Gasteiger partial charge is 0.256 e. The van der Waals surface area contributed by atoms with E-state index < -0.39 is 11.7 Å². The molecule has 3 heterocycles. The summed E-state index contributed by atoms with van der Waals surface area (Å²) in [7, 11) is 0. The molecule has 7 nitrogen and oxygen atoms in total. The second-order valence-electron chi connectivity index (χ2n) is 7.58. The lowest BCUT2D eigenvalue weighted by Crippen LogP contribution is -2.38. The van der Waals surface area contributed by atoms with Crippen LogP contribution in [0.1, 0.15) is 56.0 Å². The Morgan fingerprint density at radius 1 is 1.16 bits per heavy atom. The molecule has 2 aromatic heterocycles. The monoisotopic (exact) mass is 439 g/mol. The third kappa shape index (κ3) is 4.32. The van der Waals surface area contributed by atoms with Gasteiger partial charge in [-0.15, -0.1) is 11.3 Å². The molecule has 1 aliphatic rings. The lowest BCUT2D eigenvalue weighted by molar-refractivity contribution is 0.0707. The number of thiazole rings is 1. The van der Waals surface area contributed by atoms with Crippen molar-refractivity contribution < 1.29 is 14.0 Å². The Hall–Kier alpha value is -3.20. The first-order valence-corrected chi connectivity index (χ1v) is 10.8. The molecule has 3 aromatic rings. The van der Waals surface area contributed by atoms with Crippen molar-refractivity contribution in [1.29, 1.82) is 0 Å². The highest BCUT2D eigenvalue weighted by molar-refractivity contribution is 7.15. The average molecular weight is 440 g/mol. The molecule has 0 unspecified atom stereocenters. The van der Waals surface area contributed by atoms with Gasteiger partial charge in [-0.25, -0.2) is 19.3 Å². The Labute approximate surface area is 183 Å². The van der Waals surface area contributed by atoms with Gasteiger partial charge in [-0.2, -0.15) is 0 Å². The first-order chi connectivity index (χ1) is 14.8. The molecule has 4 rings (SSSR count). The zero-order valence-electron chi connectivity index (χ0n) is 17.3. The van der Waals surface area contributed by atoms with E-state index in [1.165, 1.54) is 12.1 Å². The number of aryl methyl sites for hydroxylation is 2. The number of carbonyl (C=O) groups is 2. The first-order valence-electron chi connectivity index (χ1n) is 9.99. The summed E-state index contributed by atoms with van der Waals surface area (Å²) in [6.45, 7) is 4.86. The van der Waals surface area contributed by atoms with Crippen molar-refractivity contribution in [3.05, 3.63) is 63.9 Å². The van der Waals surface area contributed by atoms with Gasteiger partial charge in [0, 0.05) is 30.8 Å². The normalized spacial score (nSPS) is 14.6. The van der Waals surface area contributed by atoms with Crippen LogP contribution in [-0.4, -0.2) is 44.8 Å². The largest absolute Gasteiger partial charge is 0.366 e. The minimum atomic E-state index is -0.733. The van der Waals surface area contributed by atoms with Crippen LogP contribution in [0.15, 0.2) is 30.5 Å². The van der Waals surface area contributed by atoms with Crippen molar-refractivity contribution in [2.45, 2.75) is 32.6 Å². The summed E-state index contributed by atoms with van der Waals surface area (Å²) >= 11 is 1.63. The van der Waals surface area contributed by atoms with Gasteiger partial charge in [0.15, 0.2) is 0 Å². The predicted molar refractivity (Wildman–Crippen MR) is 115 cm³/mol. The second-order valence-corrected chi connectivity index (χ2v) is 8.61. The summed E-state index contributed by atoms with van der Waals surface area (Å²) in [5.74, 6) is -0.876. The number of piperidine rings is 1. The van der Waals surface area contributed by atoms with E-state index in [9.17, 15) is 14.0 Å². The number of hydrogen-bond acceptors (Lipinski definition) is 6. The van der Waals surface area contributed by atoms with Gasteiger partial charge in [0.2, 0.25) is 5.91 Å². The van der Waals surface area contributed by atoms with Gasteiger partial charge < -0.3 is 10.6 Å². The number of rotatable bonds is 4. The molecule has 1 aliphatic heterocycles. The lowest BCUT2D eigenvalue weighted by atomic mass is 9.96. The average Bonchev–Trinajstić information content (AvgIpc) is 3.15. The Bertz CT molecular complexity index is 1150. The molecule has 1 saturated heterocycles. The van der Waals surface area contributed by atoms with Gasteiger partial charge in [-0.1, -0.05) is 0 Å². The van der Waals surface area contributed by atoms with E-state index in [1.54, 1.807) is 22.4 Å². The third-order valence-electron chi connectivity index (χ3n) is 5.44. The Morgan fingerprint density at radius 2 is 1.90 bits per heavy atom. The standard InChI is InChI=1S/C22H22FN5O2S/c1-12-19(18-5-8-25-13(2)27-18)31-21(26-12)14-6-9-28(10-7-14)22(30)16-4-3-15(20(24)29)11-17(16)23/h3-5,8,11,14H,6-7,9-10H2,1-2H3,(H2,24,29). The maximum absolute atomic E-state index is 14.3. The number of nitrogens with two attached hydrogens (primary N) is 1. The van der Waals surface area contributed by atoms with Gasteiger partial charge in [-0.3, -0.25) is 9.59 Å². The SMILES string of the molecule is Cc1nccc(-c2sc(C3CCN(C(=O)c4ccc(C(N)=O)cc4F)CC3)nc2C)n1. The van der Waals surface area contributed by atoms with Crippen molar-refractivity contribution >= 4 is 23.2 Å².